The van der Waals surface area contributed by atoms with Gasteiger partial charge in [-0.25, -0.2) is 0 Å². The van der Waals surface area contributed by atoms with E-state index in [1.165, 1.54) is 84.0 Å². The Bertz CT molecular complexity index is 600. The lowest BCUT2D eigenvalue weighted by Crippen LogP contribution is -2.67. The summed E-state index contributed by atoms with van der Waals surface area (Å²) in [4.78, 5) is 12.9. The highest BCUT2D eigenvalue weighted by Gasteiger charge is 2.41. The van der Waals surface area contributed by atoms with Gasteiger partial charge < -0.3 is 0 Å². The monoisotopic (exact) mass is 421 g/mol. The molecular formula is C24H49N6+. The molecular weight excluding hydrogens is 372 g/mol. The fourth-order valence-electron chi connectivity index (χ4n) is 5.62. The number of hydrogen-bond donors (Lipinski definition) is 0. The van der Waals surface area contributed by atoms with Crippen LogP contribution in [-0.4, -0.2) is 119 Å². The van der Waals surface area contributed by atoms with Crippen LogP contribution in [0.2, 0.25) is 0 Å². The standard InChI is InChI=1S/C12H25N3.C12H24N3/c2*1-12(2,3)15-10-6-9-14-8-5-7-13(4)11(14)15/h11H,5-10H2,1-4H3;5-10H2,1-4H3/q;+1. The van der Waals surface area contributed by atoms with Gasteiger partial charge in [-0.1, -0.05) is 0 Å². The van der Waals surface area contributed by atoms with Crippen LogP contribution in [0.1, 0.15) is 67.2 Å². The molecule has 0 aliphatic carbocycles. The Morgan fingerprint density at radius 1 is 0.733 bits per heavy atom. The maximum absolute atomic E-state index is 2.65. The van der Waals surface area contributed by atoms with Gasteiger partial charge in [-0.2, -0.15) is 0 Å². The average molecular weight is 422 g/mol. The third-order valence-electron chi connectivity index (χ3n) is 7.07. The van der Waals surface area contributed by atoms with Crippen LogP contribution in [0.3, 0.4) is 0 Å². The first-order chi connectivity index (χ1) is 14.0. The van der Waals surface area contributed by atoms with E-state index in [9.17, 15) is 0 Å². The van der Waals surface area contributed by atoms with Crippen molar-refractivity contribution < 1.29 is 4.58 Å². The molecule has 0 aromatic rings. The molecule has 1 atom stereocenters. The van der Waals surface area contributed by atoms with Crippen molar-refractivity contribution in [2.45, 2.75) is 84.6 Å². The molecule has 3 saturated heterocycles. The topological polar surface area (TPSA) is 19.2 Å². The highest BCUT2D eigenvalue weighted by molar-refractivity contribution is 5.77. The van der Waals surface area contributed by atoms with E-state index < -0.39 is 0 Å². The lowest BCUT2D eigenvalue weighted by molar-refractivity contribution is -0.516. The number of hydrogen-bond acceptors (Lipinski definition) is 5. The molecule has 0 spiro atoms. The van der Waals surface area contributed by atoms with Crippen molar-refractivity contribution in [1.29, 1.82) is 0 Å². The van der Waals surface area contributed by atoms with Gasteiger partial charge in [0, 0.05) is 44.6 Å². The van der Waals surface area contributed by atoms with E-state index in [0.717, 1.165) is 0 Å². The Morgan fingerprint density at radius 3 is 1.97 bits per heavy atom. The van der Waals surface area contributed by atoms with E-state index in [1.807, 2.05) is 0 Å². The van der Waals surface area contributed by atoms with Gasteiger partial charge in [-0.15, -0.1) is 0 Å². The smallest absolute Gasteiger partial charge is 0.278 e. The first-order valence-corrected chi connectivity index (χ1v) is 12.3. The minimum Gasteiger partial charge on any atom is -0.278 e. The maximum Gasteiger partial charge on any atom is 0.350 e. The summed E-state index contributed by atoms with van der Waals surface area (Å²) >= 11 is 0. The summed E-state index contributed by atoms with van der Waals surface area (Å²) < 4.78 is 2.42. The zero-order valence-electron chi connectivity index (χ0n) is 21.2. The predicted molar refractivity (Wildman–Crippen MR) is 127 cm³/mol. The van der Waals surface area contributed by atoms with E-state index >= 15 is 0 Å². The molecule has 0 saturated carbocycles. The third-order valence-corrected chi connectivity index (χ3v) is 7.07. The molecule has 0 amide bonds. The van der Waals surface area contributed by atoms with Crippen LogP contribution in [0, 0.1) is 0 Å². The molecule has 6 heteroatoms. The van der Waals surface area contributed by atoms with Crippen LogP contribution in [-0.2, 0) is 0 Å². The van der Waals surface area contributed by atoms with E-state index in [1.54, 1.807) is 0 Å². The summed E-state index contributed by atoms with van der Waals surface area (Å²) in [6.45, 7) is 23.9. The highest BCUT2D eigenvalue weighted by atomic mass is 15.5. The van der Waals surface area contributed by atoms with E-state index in [2.05, 4.69) is 84.7 Å². The zero-order chi connectivity index (χ0) is 22.1. The number of rotatable bonds is 0. The van der Waals surface area contributed by atoms with Gasteiger partial charge in [-0.05, 0) is 61.4 Å². The van der Waals surface area contributed by atoms with Crippen molar-refractivity contribution in [3.8, 4) is 0 Å². The van der Waals surface area contributed by atoms with Crippen molar-refractivity contribution in [2.75, 3.05) is 66.5 Å². The highest BCUT2D eigenvalue weighted by Crippen LogP contribution is 2.28. The van der Waals surface area contributed by atoms with Crippen LogP contribution in [0.15, 0.2) is 0 Å². The Hall–Kier alpha value is -0.850. The Kier molecular flexibility index (Phi) is 7.41. The Balaban J connectivity index is 0.000000171. The second-order valence-corrected chi connectivity index (χ2v) is 11.7. The Morgan fingerprint density at radius 2 is 1.33 bits per heavy atom. The molecule has 4 aliphatic rings. The molecule has 30 heavy (non-hydrogen) atoms. The van der Waals surface area contributed by atoms with Gasteiger partial charge in [0.05, 0.1) is 38.8 Å². The van der Waals surface area contributed by atoms with Crippen molar-refractivity contribution in [3.05, 3.63) is 0 Å². The lowest BCUT2D eigenvalue weighted by atomic mass is 10.0. The van der Waals surface area contributed by atoms with Gasteiger partial charge in [0.15, 0.2) is 0 Å². The summed E-state index contributed by atoms with van der Waals surface area (Å²) in [6, 6.07) is 0. The van der Waals surface area contributed by atoms with Gasteiger partial charge in [0.1, 0.15) is 6.29 Å². The SMILES string of the molecule is CN1CCCN2CCCN(C(C)(C)C)C12.C[N+]1=C2N(CCCN2C(C)(C)C)CCC1. The third kappa shape index (κ3) is 5.31. The molecule has 4 aliphatic heterocycles. The summed E-state index contributed by atoms with van der Waals surface area (Å²) in [7, 11) is 4.49. The molecule has 174 valence electrons. The second-order valence-electron chi connectivity index (χ2n) is 11.7. The predicted octanol–water partition coefficient (Wildman–Crippen LogP) is 2.61. The average Bonchev–Trinajstić information content (AvgIpc) is 2.67. The molecule has 4 heterocycles. The van der Waals surface area contributed by atoms with Gasteiger partial charge in [0.25, 0.3) is 0 Å². The number of guanidine groups is 1. The fourth-order valence-corrected chi connectivity index (χ4v) is 5.62. The number of fused-ring (bicyclic) bond motifs is 2. The van der Waals surface area contributed by atoms with Crippen LogP contribution < -0.4 is 0 Å². The van der Waals surface area contributed by atoms with E-state index in [-0.39, 0.29) is 11.1 Å². The lowest BCUT2D eigenvalue weighted by Gasteiger charge is -2.55. The van der Waals surface area contributed by atoms with E-state index in [4.69, 9.17) is 0 Å². The molecule has 3 fully saturated rings. The first-order valence-electron chi connectivity index (χ1n) is 12.3. The largest absolute Gasteiger partial charge is 0.350 e. The summed E-state index contributed by atoms with van der Waals surface area (Å²) in [5.41, 5.74) is 0.536. The van der Waals surface area contributed by atoms with Crippen molar-refractivity contribution in [2.24, 2.45) is 0 Å². The van der Waals surface area contributed by atoms with Crippen LogP contribution in [0.4, 0.5) is 0 Å². The second kappa shape index (κ2) is 9.33. The molecule has 0 N–H and O–H groups in total. The van der Waals surface area contributed by atoms with Crippen molar-refractivity contribution in [1.82, 2.24) is 24.5 Å². The molecule has 0 bridgehead atoms. The molecule has 1 unspecified atom stereocenters. The minimum absolute atomic E-state index is 0.250. The number of nitrogens with zero attached hydrogens (tertiary/aromatic N) is 6. The van der Waals surface area contributed by atoms with Crippen molar-refractivity contribution >= 4 is 5.96 Å². The molecule has 0 aromatic heterocycles. The van der Waals surface area contributed by atoms with Crippen LogP contribution in [0.25, 0.3) is 0 Å². The van der Waals surface area contributed by atoms with Gasteiger partial charge in [-0.3, -0.25) is 29.1 Å². The summed E-state index contributed by atoms with van der Waals surface area (Å²) in [6.07, 6.45) is 5.80. The van der Waals surface area contributed by atoms with Crippen LogP contribution >= 0.6 is 0 Å². The Labute approximate surface area is 186 Å². The first kappa shape index (κ1) is 23.8. The summed E-state index contributed by atoms with van der Waals surface area (Å²) in [5.74, 6) is 1.46. The molecule has 0 aromatic carbocycles. The fraction of sp³-hybridized carbons (Fsp3) is 0.958. The van der Waals surface area contributed by atoms with Gasteiger partial charge >= 0.3 is 5.96 Å². The maximum atomic E-state index is 2.65. The quantitative estimate of drug-likeness (QED) is 0.558. The van der Waals surface area contributed by atoms with Crippen molar-refractivity contribution in [3.63, 3.8) is 0 Å². The van der Waals surface area contributed by atoms with E-state index in [0.29, 0.717) is 6.29 Å². The molecule has 0 radical (unpaired) electrons. The van der Waals surface area contributed by atoms with Crippen LogP contribution in [0.5, 0.6) is 0 Å². The molecule has 6 nitrogen and oxygen atoms in total. The normalized spacial score (nSPS) is 27.4. The molecule has 4 rings (SSSR count). The van der Waals surface area contributed by atoms with Gasteiger partial charge in [0.2, 0.25) is 0 Å². The zero-order valence-corrected chi connectivity index (χ0v) is 21.2. The minimum atomic E-state index is 0.250. The summed E-state index contributed by atoms with van der Waals surface area (Å²) in [5, 5.41) is 0.